The van der Waals surface area contributed by atoms with Crippen LogP contribution in [0.15, 0.2) is 46.9 Å². The summed E-state index contributed by atoms with van der Waals surface area (Å²) in [5.41, 5.74) is 6.58. The molecule has 0 aliphatic carbocycles. The fourth-order valence-electron chi connectivity index (χ4n) is 2.50. The zero-order chi connectivity index (χ0) is 19.8. The number of hydrogen-bond donors (Lipinski definition) is 1. The second-order valence-electron chi connectivity index (χ2n) is 5.62. The van der Waals surface area contributed by atoms with E-state index >= 15 is 0 Å². The van der Waals surface area contributed by atoms with Crippen LogP contribution in [0.4, 0.5) is 0 Å². The summed E-state index contributed by atoms with van der Waals surface area (Å²) in [5, 5.41) is 0. The number of carbonyl (C=O) groups is 2. The normalized spacial score (nSPS) is 11.5. The number of amides is 1. The second-order valence-corrected chi connectivity index (χ2v) is 6.47. The van der Waals surface area contributed by atoms with Crippen molar-refractivity contribution < 1.29 is 23.8 Å². The van der Waals surface area contributed by atoms with Crippen LogP contribution in [0.2, 0.25) is 0 Å². The Bertz CT molecular complexity index is 794. The summed E-state index contributed by atoms with van der Waals surface area (Å²) >= 11 is 3.44. The molecule has 0 radical (unpaired) electrons. The molecule has 2 aromatic carbocycles. The van der Waals surface area contributed by atoms with E-state index in [0.29, 0.717) is 40.3 Å². The molecule has 0 aromatic heterocycles. The highest BCUT2D eigenvalue weighted by Gasteiger charge is 2.23. The van der Waals surface area contributed by atoms with Crippen molar-refractivity contribution >= 4 is 27.8 Å². The first kappa shape index (κ1) is 20.8. The molecule has 0 aliphatic heterocycles. The third-order valence-corrected chi connectivity index (χ3v) is 4.40. The van der Waals surface area contributed by atoms with Crippen molar-refractivity contribution in [2.75, 3.05) is 13.2 Å². The molecule has 2 aromatic rings. The number of halogens is 1. The molecule has 0 unspecified atom stereocenters. The Labute approximate surface area is 166 Å². The number of ether oxygens (including phenoxy) is 3. The van der Waals surface area contributed by atoms with E-state index in [1.165, 1.54) is 0 Å². The Balaban J connectivity index is 2.18. The van der Waals surface area contributed by atoms with Crippen LogP contribution in [-0.2, 0) is 20.7 Å². The monoisotopic (exact) mass is 435 g/mol. The highest BCUT2D eigenvalue weighted by molar-refractivity contribution is 9.10. The molecule has 0 saturated carbocycles. The molecule has 1 atom stereocenters. The standard InChI is InChI=1S/C20H22BrNO5/c1-3-25-16-10-14(15(21)12-17(16)26-4-2)11-18(23)27-19(20(22)24)13-8-6-5-7-9-13/h5-10,12,19H,3-4,11H2,1-2H3,(H2,22,24)/t19-/m0/s1. The van der Waals surface area contributed by atoms with Crippen LogP contribution >= 0.6 is 15.9 Å². The first-order chi connectivity index (χ1) is 13.0. The Morgan fingerprint density at radius 1 is 1.04 bits per heavy atom. The van der Waals surface area contributed by atoms with Gasteiger partial charge in [0.2, 0.25) is 6.10 Å². The molecule has 0 aliphatic rings. The predicted molar refractivity (Wildman–Crippen MR) is 105 cm³/mol. The number of hydrogen-bond acceptors (Lipinski definition) is 5. The summed E-state index contributed by atoms with van der Waals surface area (Å²) in [5.74, 6) is -0.173. The van der Waals surface area contributed by atoms with E-state index in [1.54, 1.807) is 42.5 Å². The highest BCUT2D eigenvalue weighted by atomic mass is 79.9. The van der Waals surface area contributed by atoms with Gasteiger partial charge in [-0.3, -0.25) is 9.59 Å². The van der Waals surface area contributed by atoms with Gasteiger partial charge >= 0.3 is 5.97 Å². The number of carbonyl (C=O) groups excluding carboxylic acids is 2. The Morgan fingerprint density at radius 3 is 2.19 bits per heavy atom. The quantitative estimate of drug-likeness (QED) is 0.608. The molecule has 2 N–H and O–H groups in total. The van der Waals surface area contributed by atoms with Crippen LogP contribution in [0.25, 0.3) is 0 Å². The van der Waals surface area contributed by atoms with Crippen molar-refractivity contribution in [1.82, 2.24) is 0 Å². The average Bonchev–Trinajstić information content (AvgIpc) is 2.64. The van der Waals surface area contributed by atoms with Crippen molar-refractivity contribution in [3.8, 4) is 11.5 Å². The zero-order valence-corrected chi connectivity index (χ0v) is 16.8. The van der Waals surface area contributed by atoms with Crippen molar-refractivity contribution in [3.05, 3.63) is 58.1 Å². The van der Waals surface area contributed by atoms with E-state index in [-0.39, 0.29) is 6.42 Å². The number of esters is 1. The first-order valence-corrected chi connectivity index (χ1v) is 9.37. The predicted octanol–water partition coefficient (Wildman–Crippen LogP) is 3.56. The molecule has 6 nitrogen and oxygen atoms in total. The van der Waals surface area contributed by atoms with Crippen molar-refractivity contribution in [1.29, 1.82) is 0 Å². The highest BCUT2D eigenvalue weighted by Crippen LogP contribution is 2.34. The zero-order valence-electron chi connectivity index (χ0n) is 15.2. The maximum absolute atomic E-state index is 12.4. The summed E-state index contributed by atoms with van der Waals surface area (Å²) < 4.78 is 17.1. The van der Waals surface area contributed by atoms with Gasteiger partial charge in [0.15, 0.2) is 11.5 Å². The molecule has 144 valence electrons. The van der Waals surface area contributed by atoms with Gasteiger partial charge in [-0.25, -0.2) is 0 Å². The third kappa shape index (κ3) is 5.72. The maximum Gasteiger partial charge on any atom is 0.311 e. The van der Waals surface area contributed by atoms with Gasteiger partial charge in [0.05, 0.1) is 19.6 Å². The van der Waals surface area contributed by atoms with E-state index < -0.39 is 18.0 Å². The summed E-state index contributed by atoms with van der Waals surface area (Å²) in [6.07, 6.45) is -1.18. The minimum absolute atomic E-state index is 0.0519. The number of nitrogens with two attached hydrogens (primary N) is 1. The van der Waals surface area contributed by atoms with Crippen molar-refractivity contribution in [2.24, 2.45) is 5.73 Å². The average molecular weight is 436 g/mol. The molecule has 7 heteroatoms. The molecule has 1 amide bonds. The first-order valence-electron chi connectivity index (χ1n) is 8.58. The van der Waals surface area contributed by atoms with Crippen LogP contribution in [0, 0.1) is 0 Å². The Hall–Kier alpha value is -2.54. The van der Waals surface area contributed by atoms with Crippen LogP contribution in [0.1, 0.15) is 31.1 Å². The molecule has 0 bridgehead atoms. The third-order valence-electron chi connectivity index (χ3n) is 3.66. The second kappa shape index (κ2) is 9.97. The summed E-state index contributed by atoms with van der Waals surface area (Å²) in [7, 11) is 0. The fraction of sp³-hybridized carbons (Fsp3) is 0.300. The minimum Gasteiger partial charge on any atom is -0.490 e. The van der Waals surface area contributed by atoms with Crippen LogP contribution in [0.5, 0.6) is 11.5 Å². The number of benzene rings is 2. The van der Waals surface area contributed by atoms with Gasteiger partial charge in [0, 0.05) is 10.0 Å². The molecule has 0 spiro atoms. The van der Waals surface area contributed by atoms with Gasteiger partial charge in [-0.2, -0.15) is 0 Å². The van der Waals surface area contributed by atoms with Crippen LogP contribution in [-0.4, -0.2) is 25.1 Å². The van der Waals surface area contributed by atoms with E-state index in [4.69, 9.17) is 19.9 Å². The maximum atomic E-state index is 12.4. The van der Waals surface area contributed by atoms with Gasteiger partial charge in [-0.15, -0.1) is 0 Å². The summed E-state index contributed by atoms with van der Waals surface area (Å²) in [6.45, 7) is 4.69. The largest absolute Gasteiger partial charge is 0.490 e. The van der Waals surface area contributed by atoms with E-state index in [2.05, 4.69) is 15.9 Å². The summed E-state index contributed by atoms with van der Waals surface area (Å²) in [6, 6.07) is 12.1. The van der Waals surface area contributed by atoms with Gasteiger partial charge in [-0.1, -0.05) is 46.3 Å². The Kier molecular flexibility index (Phi) is 7.67. The lowest BCUT2D eigenvalue weighted by Crippen LogP contribution is -2.26. The minimum atomic E-state index is -1.13. The molecule has 0 fully saturated rings. The number of primary amides is 1. The molecular weight excluding hydrogens is 414 g/mol. The van der Waals surface area contributed by atoms with E-state index in [9.17, 15) is 9.59 Å². The topological polar surface area (TPSA) is 87.9 Å². The number of rotatable bonds is 9. The lowest BCUT2D eigenvalue weighted by molar-refractivity contribution is -0.154. The molecule has 27 heavy (non-hydrogen) atoms. The lowest BCUT2D eigenvalue weighted by Gasteiger charge is -2.17. The van der Waals surface area contributed by atoms with Gasteiger partial charge in [0.1, 0.15) is 0 Å². The SMILES string of the molecule is CCOc1cc(Br)c(CC(=O)O[C@H](C(N)=O)c2ccccc2)cc1OCC. The Morgan fingerprint density at radius 2 is 1.63 bits per heavy atom. The molecular formula is C20H22BrNO5. The van der Waals surface area contributed by atoms with E-state index in [1.807, 2.05) is 13.8 Å². The van der Waals surface area contributed by atoms with Gasteiger partial charge in [0.25, 0.3) is 5.91 Å². The fourth-order valence-corrected chi connectivity index (χ4v) is 2.96. The van der Waals surface area contributed by atoms with Gasteiger partial charge < -0.3 is 19.9 Å². The van der Waals surface area contributed by atoms with E-state index in [0.717, 1.165) is 0 Å². The molecule has 0 heterocycles. The van der Waals surface area contributed by atoms with Crippen molar-refractivity contribution in [2.45, 2.75) is 26.4 Å². The molecule has 2 rings (SSSR count). The van der Waals surface area contributed by atoms with Crippen LogP contribution < -0.4 is 15.2 Å². The van der Waals surface area contributed by atoms with Crippen LogP contribution in [0.3, 0.4) is 0 Å². The lowest BCUT2D eigenvalue weighted by atomic mass is 10.1. The smallest absolute Gasteiger partial charge is 0.311 e. The van der Waals surface area contributed by atoms with Crippen molar-refractivity contribution in [3.63, 3.8) is 0 Å². The molecule has 0 saturated heterocycles. The summed E-state index contributed by atoms with van der Waals surface area (Å²) in [4.78, 5) is 24.1. The van der Waals surface area contributed by atoms with Gasteiger partial charge in [-0.05, 0) is 31.5 Å².